The van der Waals surface area contributed by atoms with Gasteiger partial charge in [-0.05, 0) is 60.2 Å². The average molecular weight is 391 g/mol. The maximum Gasteiger partial charge on any atom is 0.237 e. The van der Waals surface area contributed by atoms with Gasteiger partial charge in [0.25, 0.3) is 0 Å². The predicted octanol–water partition coefficient (Wildman–Crippen LogP) is 6.54. The summed E-state index contributed by atoms with van der Waals surface area (Å²) in [6.07, 6.45) is 3.45. The minimum absolute atomic E-state index is 0.646. The monoisotopic (exact) mass is 390 g/mol. The topological polar surface area (TPSA) is 38.9 Å². The molecule has 5 rings (SSSR count). The highest BCUT2D eigenvalue weighted by Gasteiger charge is 2.15. The summed E-state index contributed by atoms with van der Waals surface area (Å²) in [6.45, 7) is 0. The van der Waals surface area contributed by atoms with Crippen molar-refractivity contribution >= 4 is 44.1 Å². The SMILES string of the molecule is Clc1cc(CCc2ccccn2)c2oc(-c3cc4ccccc4s3)nc2c1. The summed E-state index contributed by atoms with van der Waals surface area (Å²) < 4.78 is 7.40. The van der Waals surface area contributed by atoms with Gasteiger partial charge in [0, 0.05) is 21.6 Å². The molecule has 0 aliphatic rings. The van der Waals surface area contributed by atoms with Gasteiger partial charge in [-0.25, -0.2) is 4.98 Å². The Labute approximate surface area is 165 Å². The summed E-state index contributed by atoms with van der Waals surface area (Å²) in [4.78, 5) is 10.1. The van der Waals surface area contributed by atoms with Crippen LogP contribution in [-0.4, -0.2) is 9.97 Å². The van der Waals surface area contributed by atoms with Crippen molar-refractivity contribution in [3.63, 3.8) is 0 Å². The first kappa shape index (κ1) is 16.5. The summed E-state index contributed by atoms with van der Waals surface area (Å²) in [5.41, 5.74) is 3.71. The number of hydrogen-bond acceptors (Lipinski definition) is 4. The molecule has 5 heteroatoms. The normalized spacial score (nSPS) is 11.4. The molecule has 27 heavy (non-hydrogen) atoms. The van der Waals surface area contributed by atoms with Gasteiger partial charge in [-0.15, -0.1) is 11.3 Å². The van der Waals surface area contributed by atoms with Crippen molar-refractivity contribution in [1.82, 2.24) is 9.97 Å². The lowest BCUT2D eigenvalue weighted by atomic mass is 10.1. The molecular weight excluding hydrogens is 376 g/mol. The number of benzene rings is 2. The summed E-state index contributed by atoms with van der Waals surface area (Å²) >= 11 is 8.02. The number of oxazole rings is 1. The van der Waals surface area contributed by atoms with Gasteiger partial charge < -0.3 is 4.42 Å². The van der Waals surface area contributed by atoms with E-state index in [4.69, 9.17) is 21.0 Å². The molecule has 0 amide bonds. The zero-order valence-electron chi connectivity index (χ0n) is 14.4. The molecule has 0 bridgehead atoms. The van der Waals surface area contributed by atoms with Crippen LogP contribution in [0.15, 0.2) is 71.3 Å². The second-order valence-electron chi connectivity index (χ2n) is 6.40. The number of thiophene rings is 1. The first-order valence-corrected chi connectivity index (χ1v) is 9.93. The summed E-state index contributed by atoms with van der Waals surface area (Å²) in [7, 11) is 0. The van der Waals surface area contributed by atoms with Crippen LogP contribution in [0.3, 0.4) is 0 Å². The standard InChI is InChI=1S/C22H15ClN2OS/c23-16-11-15(8-9-17-6-3-4-10-24-17)21-18(13-16)25-22(26-21)20-12-14-5-1-2-7-19(14)27-20/h1-7,10-13H,8-9H2. The number of pyridine rings is 1. The molecule has 0 unspecified atom stereocenters. The molecule has 0 fully saturated rings. The average Bonchev–Trinajstić information content (AvgIpc) is 3.30. The third-order valence-corrected chi connectivity index (χ3v) is 5.87. The van der Waals surface area contributed by atoms with Gasteiger partial charge in [0.05, 0.1) is 4.88 Å². The Kier molecular flexibility index (Phi) is 4.15. The smallest absolute Gasteiger partial charge is 0.237 e. The lowest BCUT2D eigenvalue weighted by molar-refractivity contribution is 0.616. The number of aryl methyl sites for hydroxylation is 2. The quantitative estimate of drug-likeness (QED) is 0.349. The van der Waals surface area contributed by atoms with E-state index in [2.05, 4.69) is 23.2 Å². The third-order valence-electron chi connectivity index (χ3n) is 4.54. The van der Waals surface area contributed by atoms with Gasteiger partial charge in [0.1, 0.15) is 5.52 Å². The van der Waals surface area contributed by atoms with Gasteiger partial charge in [0.2, 0.25) is 5.89 Å². The van der Waals surface area contributed by atoms with Crippen molar-refractivity contribution in [2.45, 2.75) is 12.8 Å². The van der Waals surface area contributed by atoms with E-state index >= 15 is 0 Å². The third kappa shape index (κ3) is 3.22. The van der Waals surface area contributed by atoms with E-state index in [-0.39, 0.29) is 0 Å². The number of aromatic nitrogens is 2. The minimum Gasteiger partial charge on any atom is -0.435 e. The van der Waals surface area contributed by atoms with E-state index < -0.39 is 0 Å². The molecule has 0 radical (unpaired) electrons. The minimum atomic E-state index is 0.646. The van der Waals surface area contributed by atoms with Crippen LogP contribution < -0.4 is 0 Å². The molecule has 5 aromatic rings. The maximum atomic E-state index is 6.33. The van der Waals surface area contributed by atoms with Crippen molar-refractivity contribution < 1.29 is 4.42 Å². The molecule has 2 aromatic carbocycles. The van der Waals surface area contributed by atoms with Gasteiger partial charge in [-0.2, -0.15) is 0 Å². The fourth-order valence-corrected chi connectivity index (χ4v) is 4.48. The molecule has 3 heterocycles. The van der Waals surface area contributed by atoms with Crippen LogP contribution in [0, 0.1) is 0 Å². The Morgan fingerprint density at radius 3 is 2.70 bits per heavy atom. The molecule has 0 spiro atoms. The maximum absolute atomic E-state index is 6.33. The number of nitrogens with zero attached hydrogens (tertiary/aromatic N) is 2. The van der Waals surface area contributed by atoms with E-state index in [0.29, 0.717) is 10.9 Å². The van der Waals surface area contributed by atoms with Gasteiger partial charge >= 0.3 is 0 Å². The molecule has 0 aliphatic heterocycles. The van der Waals surface area contributed by atoms with E-state index in [9.17, 15) is 0 Å². The molecule has 0 saturated carbocycles. The molecule has 0 N–H and O–H groups in total. The van der Waals surface area contributed by atoms with Crippen LogP contribution in [-0.2, 0) is 12.8 Å². The zero-order valence-corrected chi connectivity index (χ0v) is 15.9. The molecule has 0 saturated heterocycles. The Balaban J connectivity index is 1.54. The number of halogens is 1. The predicted molar refractivity (Wildman–Crippen MR) is 111 cm³/mol. The zero-order chi connectivity index (χ0) is 18.2. The van der Waals surface area contributed by atoms with Crippen molar-refractivity contribution in [3.05, 3.63) is 83.1 Å². The second-order valence-corrected chi connectivity index (χ2v) is 7.92. The molecule has 3 nitrogen and oxygen atoms in total. The Hall–Kier alpha value is -2.69. The van der Waals surface area contributed by atoms with Gasteiger partial charge in [-0.3, -0.25) is 4.98 Å². The van der Waals surface area contributed by atoms with E-state index in [1.807, 2.05) is 48.7 Å². The van der Waals surface area contributed by atoms with Crippen molar-refractivity contribution in [1.29, 1.82) is 0 Å². The number of hydrogen-bond donors (Lipinski definition) is 0. The van der Waals surface area contributed by atoms with Crippen LogP contribution in [0.1, 0.15) is 11.3 Å². The summed E-state index contributed by atoms with van der Waals surface area (Å²) in [6, 6.07) is 20.2. The molecular formula is C22H15ClN2OS. The largest absolute Gasteiger partial charge is 0.435 e. The van der Waals surface area contributed by atoms with Crippen LogP contribution in [0.25, 0.3) is 32.0 Å². The van der Waals surface area contributed by atoms with Crippen LogP contribution in [0.4, 0.5) is 0 Å². The van der Waals surface area contributed by atoms with E-state index in [1.54, 1.807) is 11.3 Å². The van der Waals surface area contributed by atoms with Gasteiger partial charge in [0.15, 0.2) is 5.58 Å². The fourth-order valence-electron chi connectivity index (χ4n) is 3.25. The Morgan fingerprint density at radius 2 is 1.85 bits per heavy atom. The van der Waals surface area contributed by atoms with Gasteiger partial charge in [-0.1, -0.05) is 35.9 Å². The van der Waals surface area contributed by atoms with E-state index in [0.717, 1.165) is 40.1 Å². The summed E-state index contributed by atoms with van der Waals surface area (Å²) in [5, 5.41) is 1.88. The van der Waals surface area contributed by atoms with Crippen molar-refractivity contribution in [3.8, 4) is 10.8 Å². The Morgan fingerprint density at radius 1 is 0.963 bits per heavy atom. The van der Waals surface area contributed by atoms with Crippen LogP contribution in [0.2, 0.25) is 5.02 Å². The van der Waals surface area contributed by atoms with Crippen molar-refractivity contribution in [2.24, 2.45) is 0 Å². The fraction of sp³-hybridized carbons (Fsp3) is 0.0909. The second kappa shape index (κ2) is 6.80. The molecule has 0 aliphatic carbocycles. The molecule has 0 atom stereocenters. The van der Waals surface area contributed by atoms with Crippen LogP contribution in [0.5, 0.6) is 0 Å². The first-order valence-electron chi connectivity index (χ1n) is 8.74. The van der Waals surface area contributed by atoms with E-state index in [1.165, 1.54) is 10.1 Å². The lowest BCUT2D eigenvalue weighted by Gasteiger charge is -2.03. The highest BCUT2D eigenvalue weighted by molar-refractivity contribution is 7.22. The highest BCUT2D eigenvalue weighted by Crippen LogP contribution is 2.36. The lowest BCUT2D eigenvalue weighted by Crippen LogP contribution is -1.94. The number of rotatable bonds is 4. The van der Waals surface area contributed by atoms with Crippen LogP contribution >= 0.6 is 22.9 Å². The number of fused-ring (bicyclic) bond motifs is 2. The van der Waals surface area contributed by atoms with Crippen molar-refractivity contribution in [2.75, 3.05) is 0 Å². The molecule has 132 valence electrons. The first-order chi connectivity index (χ1) is 13.3. The summed E-state index contributed by atoms with van der Waals surface area (Å²) in [5.74, 6) is 0.646. The Bertz CT molecular complexity index is 1210. The highest BCUT2D eigenvalue weighted by atomic mass is 35.5. The molecule has 3 aromatic heterocycles.